The first-order chi connectivity index (χ1) is 6.49. The van der Waals surface area contributed by atoms with Crippen molar-refractivity contribution in [1.29, 1.82) is 0 Å². The standard InChI is InChI=1S/C12H13ClO/c1-12(2)6-9-8(11(14)7-12)4-3-5-10(9)13/h3-5H,6-7H2,1-2H3. The second kappa shape index (κ2) is 3.09. The van der Waals surface area contributed by atoms with E-state index in [9.17, 15) is 4.79 Å². The van der Waals surface area contributed by atoms with Gasteiger partial charge in [-0.05, 0) is 23.5 Å². The van der Waals surface area contributed by atoms with Crippen molar-refractivity contribution in [3.8, 4) is 0 Å². The Balaban J connectivity index is 2.56. The van der Waals surface area contributed by atoms with Crippen LogP contribution in [0.15, 0.2) is 18.2 Å². The minimum Gasteiger partial charge on any atom is -0.294 e. The lowest BCUT2D eigenvalue weighted by Crippen LogP contribution is -2.27. The molecule has 0 bridgehead atoms. The molecule has 0 saturated heterocycles. The Kier molecular flexibility index (Phi) is 2.15. The lowest BCUT2D eigenvalue weighted by atomic mass is 9.74. The molecule has 0 heterocycles. The van der Waals surface area contributed by atoms with Gasteiger partial charge in [-0.1, -0.05) is 37.6 Å². The molecule has 0 saturated carbocycles. The topological polar surface area (TPSA) is 17.1 Å². The number of benzene rings is 1. The number of halogens is 1. The first kappa shape index (κ1) is 9.72. The highest BCUT2D eigenvalue weighted by molar-refractivity contribution is 6.32. The van der Waals surface area contributed by atoms with E-state index in [1.165, 1.54) is 0 Å². The minimum atomic E-state index is 0.0507. The van der Waals surface area contributed by atoms with Gasteiger partial charge in [-0.3, -0.25) is 4.79 Å². The van der Waals surface area contributed by atoms with Gasteiger partial charge in [0.25, 0.3) is 0 Å². The summed E-state index contributed by atoms with van der Waals surface area (Å²) in [4.78, 5) is 11.8. The molecule has 0 unspecified atom stereocenters. The van der Waals surface area contributed by atoms with Crippen molar-refractivity contribution in [2.75, 3.05) is 0 Å². The van der Waals surface area contributed by atoms with Crippen molar-refractivity contribution < 1.29 is 4.79 Å². The maximum Gasteiger partial charge on any atom is 0.163 e. The van der Waals surface area contributed by atoms with Crippen LogP contribution in [0.4, 0.5) is 0 Å². The van der Waals surface area contributed by atoms with Crippen molar-refractivity contribution in [1.82, 2.24) is 0 Å². The van der Waals surface area contributed by atoms with Gasteiger partial charge in [0.05, 0.1) is 0 Å². The van der Waals surface area contributed by atoms with E-state index < -0.39 is 0 Å². The molecule has 2 heteroatoms. The number of hydrogen-bond donors (Lipinski definition) is 0. The van der Waals surface area contributed by atoms with Crippen molar-refractivity contribution in [2.24, 2.45) is 5.41 Å². The zero-order valence-corrected chi connectivity index (χ0v) is 9.19. The van der Waals surface area contributed by atoms with Crippen LogP contribution in [-0.4, -0.2) is 5.78 Å². The molecule has 74 valence electrons. The number of carbonyl (C=O) groups excluding carboxylic acids is 1. The minimum absolute atomic E-state index is 0.0507. The Morgan fingerprint density at radius 1 is 1.29 bits per heavy atom. The molecule has 1 aliphatic carbocycles. The van der Waals surface area contributed by atoms with Gasteiger partial charge < -0.3 is 0 Å². The Hall–Kier alpha value is -0.820. The van der Waals surface area contributed by atoms with Crippen LogP contribution in [0.5, 0.6) is 0 Å². The summed E-state index contributed by atoms with van der Waals surface area (Å²) in [6.07, 6.45) is 1.52. The zero-order valence-electron chi connectivity index (χ0n) is 8.43. The van der Waals surface area contributed by atoms with Crippen LogP contribution in [0.2, 0.25) is 5.02 Å². The fraction of sp³-hybridized carbons (Fsp3) is 0.417. The van der Waals surface area contributed by atoms with E-state index in [0.717, 1.165) is 22.6 Å². The summed E-state index contributed by atoms with van der Waals surface area (Å²) in [5, 5.41) is 0.726. The highest BCUT2D eigenvalue weighted by Crippen LogP contribution is 2.37. The van der Waals surface area contributed by atoms with E-state index in [4.69, 9.17) is 11.6 Å². The van der Waals surface area contributed by atoms with Crippen LogP contribution in [-0.2, 0) is 6.42 Å². The van der Waals surface area contributed by atoms with Gasteiger partial charge in [0.15, 0.2) is 5.78 Å². The number of hydrogen-bond acceptors (Lipinski definition) is 1. The van der Waals surface area contributed by atoms with Crippen LogP contribution in [0.3, 0.4) is 0 Å². The van der Waals surface area contributed by atoms with Crippen molar-refractivity contribution in [2.45, 2.75) is 26.7 Å². The molecule has 0 amide bonds. The SMILES string of the molecule is CC1(C)CC(=O)c2cccc(Cl)c2C1. The van der Waals surface area contributed by atoms with Crippen LogP contribution in [0.25, 0.3) is 0 Å². The highest BCUT2D eigenvalue weighted by Gasteiger charge is 2.31. The second-order valence-electron chi connectivity index (χ2n) is 4.71. The summed E-state index contributed by atoms with van der Waals surface area (Å²) < 4.78 is 0. The lowest BCUT2D eigenvalue weighted by Gasteiger charge is -2.30. The average molecular weight is 209 g/mol. The molecule has 2 rings (SSSR count). The Labute approximate surface area is 89.1 Å². The van der Waals surface area contributed by atoms with E-state index in [1.807, 2.05) is 18.2 Å². The molecule has 0 radical (unpaired) electrons. The predicted octanol–water partition coefficient (Wildman–Crippen LogP) is 3.50. The van der Waals surface area contributed by atoms with Crippen molar-refractivity contribution in [3.05, 3.63) is 34.3 Å². The lowest BCUT2D eigenvalue weighted by molar-refractivity contribution is 0.0912. The van der Waals surface area contributed by atoms with Crippen LogP contribution >= 0.6 is 11.6 Å². The second-order valence-corrected chi connectivity index (χ2v) is 5.11. The van der Waals surface area contributed by atoms with E-state index in [1.54, 1.807) is 0 Å². The van der Waals surface area contributed by atoms with Gasteiger partial charge in [-0.15, -0.1) is 0 Å². The molecule has 0 aliphatic heterocycles. The fourth-order valence-corrected chi connectivity index (χ4v) is 2.31. The monoisotopic (exact) mass is 208 g/mol. The van der Waals surface area contributed by atoms with Gasteiger partial charge in [0, 0.05) is 17.0 Å². The molecule has 14 heavy (non-hydrogen) atoms. The maximum absolute atomic E-state index is 11.8. The van der Waals surface area contributed by atoms with Gasteiger partial charge in [-0.25, -0.2) is 0 Å². The normalized spacial score (nSPS) is 19.2. The molecule has 0 spiro atoms. The molecular formula is C12H13ClO. The Morgan fingerprint density at radius 3 is 2.71 bits per heavy atom. The van der Waals surface area contributed by atoms with Gasteiger partial charge >= 0.3 is 0 Å². The number of Topliss-reactive ketones (excluding diaryl/α,β-unsaturated/α-hetero) is 1. The number of carbonyl (C=O) groups is 1. The molecule has 0 fully saturated rings. The summed E-state index contributed by atoms with van der Waals surface area (Å²) >= 11 is 6.08. The summed E-state index contributed by atoms with van der Waals surface area (Å²) in [5.41, 5.74) is 1.89. The van der Waals surface area contributed by atoms with E-state index >= 15 is 0 Å². The van der Waals surface area contributed by atoms with Crippen molar-refractivity contribution in [3.63, 3.8) is 0 Å². The van der Waals surface area contributed by atoms with Gasteiger partial charge in [0.1, 0.15) is 0 Å². The third-order valence-corrected chi connectivity index (χ3v) is 3.07. The smallest absolute Gasteiger partial charge is 0.163 e. The summed E-state index contributed by atoms with van der Waals surface area (Å²) in [6.45, 7) is 4.22. The Bertz CT molecular complexity index is 393. The molecule has 0 aromatic heterocycles. The summed E-state index contributed by atoms with van der Waals surface area (Å²) in [6, 6.07) is 5.57. The molecule has 1 aliphatic rings. The average Bonchev–Trinajstić information content (AvgIpc) is 2.05. The predicted molar refractivity (Wildman–Crippen MR) is 57.9 cm³/mol. The number of ketones is 1. The highest BCUT2D eigenvalue weighted by atomic mass is 35.5. The maximum atomic E-state index is 11.8. The van der Waals surface area contributed by atoms with Crippen LogP contribution in [0.1, 0.15) is 36.2 Å². The van der Waals surface area contributed by atoms with Crippen LogP contribution in [0, 0.1) is 5.41 Å². The zero-order chi connectivity index (χ0) is 10.3. The molecule has 1 aromatic rings. The molecule has 1 nitrogen and oxygen atoms in total. The first-order valence-electron chi connectivity index (χ1n) is 4.80. The molecular weight excluding hydrogens is 196 g/mol. The Morgan fingerprint density at radius 2 is 2.00 bits per heavy atom. The van der Waals surface area contributed by atoms with E-state index in [2.05, 4.69) is 13.8 Å². The van der Waals surface area contributed by atoms with Gasteiger partial charge in [0.2, 0.25) is 0 Å². The van der Waals surface area contributed by atoms with E-state index in [0.29, 0.717) is 6.42 Å². The molecule has 1 aromatic carbocycles. The molecule has 0 atom stereocenters. The summed E-state index contributed by atoms with van der Waals surface area (Å²) in [5.74, 6) is 0.221. The first-order valence-corrected chi connectivity index (χ1v) is 5.18. The summed E-state index contributed by atoms with van der Waals surface area (Å²) in [7, 11) is 0. The largest absolute Gasteiger partial charge is 0.294 e. The molecule has 0 N–H and O–H groups in total. The van der Waals surface area contributed by atoms with Crippen LogP contribution < -0.4 is 0 Å². The fourth-order valence-electron chi connectivity index (χ4n) is 2.07. The van der Waals surface area contributed by atoms with Crippen molar-refractivity contribution >= 4 is 17.4 Å². The number of fused-ring (bicyclic) bond motifs is 1. The quantitative estimate of drug-likeness (QED) is 0.638. The number of rotatable bonds is 0. The van der Waals surface area contributed by atoms with E-state index in [-0.39, 0.29) is 11.2 Å². The third kappa shape index (κ3) is 1.57. The van der Waals surface area contributed by atoms with Gasteiger partial charge in [-0.2, -0.15) is 0 Å². The third-order valence-electron chi connectivity index (χ3n) is 2.71.